The molecule has 8 heteroatoms. The van der Waals surface area contributed by atoms with Gasteiger partial charge in [-0.15, -0.1) is 0 Å². The van der Waals surface area contributed by atoms with Gasteiger partial charge in [0.15, 0.2) is 6.10 Å². The molecule has 0 bridgehead atoms. The van der Waals surface area contributed by atoms with Gasteiger partial charge in [-0.05, 0) is 43.4 Å². The Kier molecular flexibility index (Phi) is 21.8. The van der Waals surface area contributed by atoms with E-state index in [1.54, 1.807) is 0 Å². The molecule has 0 aliphatic carbocycles. The molecule has 2 unspecified atom stereocenters. The number of unbranched alkanes of at least 4 members (excludes halogenated alkanes) is 11. The van der Waals surface area contributed by atoms with Crippen molar-refractivity contribution in [1.29, 1.82) is 0 Å². The summed E-state index contributed by atoms with van der Waals surface area (Å²) < 4.78 is 21.6. The van der Waals surface area contributed by atoms with Crippen molar-refractivity contribution in [3.8, 4) is 5.75 Å². The lowest BCUT2D eigenvalue weighted by Crippen LogP contribution is -3.05. The van der Waals surface area contributed by atoms with E-state index in [-0.39, 0.29) is 13.2 Å². The molecule has 1 aromatic carbocycles. The third-order valence-corrected chi connectivity index (χ3v) is 7.07. The van der Waals surface area contributed by atoms with Gasteiger partial charge in [-0.2, -0.15) is 0 Å². The van der Waals surface area contributed by atoms with E-state index in [1.807, 2.05) is 18.2 Å². The van der Waals surface area contributed by atoms with Crippen LogP contribution in [0.4, 0.5) is 0 Å². The first-order valence-electron chi connectivity index (χ1n) is 14.4. The van der Waals surface area contributed by atoms with Crippen molar-refractivity contribution in [1.82, 2.24) is 0 Å². The molecule has 0 aliphatic rings. The van der Waals surface area contributed by atoms with E-state index in [0.29, 0.717) is 13.1 Å². The second-order valence-electron chi connectivity index (χ2n) is 10.1. The molecule has 37 heavy (non-hydrogen) atoms. The number of nitrogens with one attached hydrogen (secondary N) is 1. The summed E-state index contributed by atoms with van der Waals surface area (Å²) in [4.78, 5) is 22.2. The number of ether oxygens (including phenoxy) is 2. The Morgan fingerprint density at radius 2 is 1.57 bits per heavy atom. The number of carbonyl (C=O) groups excluding carboxylic acids is 1. The standard InChI is InChI=1S/C29H52NO6P/c1-4-5-6-7-8-9-10-11-12-13-14-18-27-19-17-20-28(23-27)33-24-29(34-26-31)25-36-37(32)35-22-16-15-21-30(2)3/h17,19-20,23,26,29,32H,4-16,18,21-22,24-25H2,1-3H3/p+1. The van der Waals surface area contributed by atoms with Crippen molar-refractivity contribution in [3.05, 3.63) is 29.8 Å². The van der Waals surface area contributed by atoms with Gasteiger partial charge >= 0.3 is 8.60 Å². The van der Waals surface area contributed by atoms with Crippen LogP contribution in [0.2, 0.25) is 0 Å². The van der Waals surface area contributed by atoms with Crippen LogP contribution in [-0.4, -0.2) is 57.9 Å². The van der Waals surface area contributed by atoms with Gasteiger partial charge in [-0.3, -0.25) is 4.79 Å². The first kappa shape index (κ1) is 33.8. The van der Waals surface area contributed by atoms with E-state index in [1.165, 1.54) is 81.1 Å². The highest BCUT2D eigenvalue weighted by molar-refractivity contribution is 7.40. The van der Waals surface area contributed by atoms with E-state index in [0.717, 1.165) is 31.6 Å². The van der Waals surface area contributed by atoms with Crippen LogP contribution >= 0.6 is 8.60 Å². The topological polar surface area (TPSA) is 78.7 Å². The summed E-state index contributed by atoms with van der Waals surface area (Å²) in [5, 5.41) is 0. The molecule has 0 spiro atoms. The molecule has 0 fully saturated rings. The summed E-state index contributed by atoms with van der Waals surface area (Å²) >= 11 is 0. The maximum atomic E-state index is 10.9. The molecule has 1 aromatic rings. The van der Waals surface area contributed by atoms with Crippen LogP contribution in [0.5, 0.6) is 5.75 Å². The normalized spacial score (nSPS) is 13.0. The molecule has 0 radical (unpaired) electrons. The highest BCUT2D eigenvalue weighted by Crippen LogP contribution is 2.33. The van der Waals surface area contributed by atoms with Gasteiger partial charge in [0.05, 0.1) is 33.9 Å². The molecule has 0 saturated heterocycles. The van der Waals surface area contributed by atoms with Gasteiger partial charge in [0.2, 0.25) is 0 Å². The lowest BCUT2D eigenvalue weighted by Gasteiger charge is -2.18. The number of rotatable bonds is 26. The first-order chi connectivity index (χ1) is 18.0. The maximum absolute atomic E-state index is 10.9. The monoisotopic (exact) mass is 542 g/mol. The lowest BCUT2D eigenvalue weighted by molar-refractivity contribution is -0.858. The van der Waals surface area contributed by atoms with Crippen molar-refractivity contribution in [2.75, 3.05) is 40.5 Å². The minimum atomic E-state index is -2.00. The fourth-order valence-corrected chi connectivity index (χ4v) is 4.74. The van der Waals surface area contributed by atoms with Crippen LogP contribution in [0.3, 0.4) is 0 Å². The van der Waals surface area contributed by atoms with Crippen molar-refractivity contribution in [2.24, 2.45) is 0 Å². The van der Waals surface area contributed by atoms with Crippen LogP contribution in [0.1, 0.15) is 96.0 Å². The predicted molar refractivity (Wildman–Crippen MR) is 151 cm³/mol. The summed E-state index contributed by atoms with van der Waals surface area (Å²) in [5.41, 5.74) is 1.25. The third-order valence-electron chi connectivity index (χ3n) is 6.30. The van der Waals surface area contributed by atoms with Gasteiger partial charge < -0.3 is 28.3 Å². The zero-order chi connectivity index (χ0) is 27.0. The van der Waals surface area contributed by atoms with Gasteiger partial charge in [0.25, 0.3) is 6.47 Å². The Balaban J connectivity index is 2.20. The van der Waals surface area contributed by atoms with E-state index in [4.69, 9.17) is 18.5 Å². The van der Waals surface area contributed by atoms with Crippen LogP contribution in [-0.2, 0) is 25.0 Å². The molecule has 0 amide bonds. The molecule has 7 nitrogen and oxygen atoms in total. The highest BCUT2D eigenvalue weighted by atomic mass is 31.2. The molecule has 0 saturated carbocycles. The second-order valence-corrected chi connectivity index (χ2v) is 11.1. The smallest absolute Gasteiger partial charge is 0.329 e. The Morgan fingerprint density at radius 1 is 0.892 bits per heavy atom. The number of hydrogen-bond donors (Lipinski definition) is 2. The van der Waals surface area contributed by atoms with Crippen LogP contribution in [0, 0.1) is 0 Å². The molecule has 214 valence electrons. The zero-order valence-corrected chi connectivity index (χ0v) is 24.5. The summed E-state index contributed by atoms with van der Waals surface area (Å²) in [6, 6.07) is 8.07. The van der Waals surface area contributed by atoms with Gasteiger partial charge in [0.1, 0.15) is 12.4 Å². The van der Waals surface area contributed by atoms with Crippen molar-refractivity contribution >= 4 is 15.1 Å². The molecule has 0 heterocycles. The average Bonchev–Trinajstić information content (AvgIpc) is 2.88. The average molecular weight is 543 g/mol. The molecular formula is C29H53NO6P+. The van der Waals surface area contributed by atoms with Crippen LogP contribution in [0.15, 0.2) is 24.3 Å². The summed E-state index contributed by atoms with van der Waals surface area (Å²) in [5.74, 6) is 0.741. The van der Waals surface area contributed by atoms with Gasteiger partial charge in [0, 0.05) is 0 Å². The number of benzene rings is 1. The van der Waals surface area contributed by atoms with Crippen molar-refractivity contribution in [3.63, 3.8) is 0 Å². The molecule has 0 aromatic heterocycles. The number of carbonyl (C=O) groups is 1. The predicted octanol–water partition coefficient (Wildman–Crippen LogP) is 5.64. The summed E-state index contributed by atoms with van der Waals surface area (Å²) in [6.45, 7) is 4.31. The lowest BCUT2D eigenvalue weighted by atomic mass is 10.0. The fourth-order valence-electron chi connectivity index (χ4n) is 4.09. The van der Waals surface area contributed by atoms with E-state index in [2.05, 4.69) is 27.1 Å². The number of quaternary nitrogens is 1. The van der Waals surface area contributed by atoms with E-state index in [9.17, 15) is 9.69 Å². The highest BCUT2D eigenvalue weighted by Gasteiger charge is 2.16. The molecular weight excluding hydrogens is 489 g/mol. The summed E-state index contributed by atoms with van der Waals surface area (Å²) in [6.07, 6.45) is 17.0. The van der Waals surface area contributed by atoms with Crippen molar-refractivity contribution < 1.29 is 33.1 Å². The first-order valence-corrected chi connectivity index (χ1v) is 15.5. The zero-order valence-electron chi connectivity index (χ0n) is 23.6. The second kappa shape index (κ2) is 23.8. The van der Waals surface area contributed by atoms with Gasteiger partial charge in [-0.1, -0.05) is 83.3 Å². The van der Waals surface area contributed by atoms with Crippen LogP contribution in [0.25, 0.3) is 0 Å². The maximum Gasteiger partial charge on any atom is 0.329 e. The SMILES string of the molecule is CCCCCCCCCCCCCc1cccc(OCC(COP(O)OCCCC[NH+](C)C)OC=O)c1. The molecule has 2 N–H and O–H groups in total. The minimum Gasteiger partial charge on any atom is -0.490 e. The quantitative estimate of drug-likeness (QED) is 0.0897. The Labute approximate surface area is 227 Å². The minimum absolute atomic E-state index is 0.0151. The van der Waals surface area contributed by atoms with E-state index >= 15 is 0 Å². The van der Waals surface area contributed by atoms with Crippen molar-refractivity contribution in [2.45, 2.75) is 103 Å². The Hall–Kier alpha value is -1.24. The van der Waals surface area contributed by atoms with E-state index < -0.39 is 14.7 Å². The number of hydrogen-bond acceptors (Lipinski definition) is 6. The Morgan fingerprint density at radius 3 is 2.22 bits per heavy atom. The van der Waals surface area contributed by atoms with Gasteiger partial charge in [-0.25, -0.2) is 0 Å². The molecule has 0 aliphatic heterocycles. The molecule has 2 atom stereocenters. The largest absolute Gasteiger partial charge is 0.490 e. The fraction of sp³-hybridized carbons (Fsp3) is 0.759. The Bertz CT molecular complexity index is 663. The third kappa shape index (κ3) is 20.4. The number of aryl methyl sites for hydroxylation is 1. The van der Waals surface area contributed by atoms with Crippen LogP contribution < -0.4 is 9.64 Å². The summed E-state index contributed by atoms with van der Waals surface area (Å²) in [7, 11) is 2.21. The molecule has 1 rings (SSSR count).